The predicted octanol–water partition coefficient (Wildman–Crippen LogP) is 4.17. The van der Waals surface area contributed by atoms with Crippen molar-refractivity contribution in [3.63, 3.8) is 0 Å². The molecule has 0 radical (unpaired) electrons. The molecule has 1 atom stereocenters. The number of aromatic nitrogens is 1. The molecule has 3 rings (SSSR count). The number of rotatable bonds is 7. The van der Waals surface area contributed by atoms with Gasteiger partial charge in [-0.25, -0.2) is 4.98 Å². The molecule has 2 aromatic carbocycles. The number of carbonyl (C=O) groups is 2. The summed E-state index contributed by atoms with van der Waals surface area (Å²) in [6.07, 6.45) is 0.0906. The molecule has 0 aliphatic heterocycles. The van der Waals surface area contributed by atoms with E-state index in [9.17, 15) is 9.59 Å². The molecule has 0 saturated carbocycles. The van der Waals surface area contributed by atoms with Crippen LogP contribution < -0.4 is 15.4 Å². The van der Waals surface area contributed by atoms with Crippen LogP contribution in [0.4, 0.5) is 5.69 Å². The summed E-state index contributed by atoms with van der Waals surface area (Å²) in [5.74, 6) is 1.55. The summed E-state index contributed by atoms with van der Waals surface area (Å²) >= 11 is 0. The van der Waals surface area contributed by atoms with E-state index in [0.29, 0.717) is 17.3 Å². The van der Waals surface area contributed by atoms with Gasteiger partial charge in [-0.3, -0.25) is 9.59 Å². The Balaban J connectivity index is 1.73. The van der Waals surface area contributed by atoms with Gasteiger partial charge in [0.1, 0.15) is 11.5 Å². The van der Waals surface area contributed by atoms with Gasteiger partial charge in [0.15, 0.2) is 0 Å². The minimum Gasteiger partial charge on any atom is -0.497 e. The molecule has 7 heteroatoms. The molecule has 0 aliphatic rings. The zero-order valence-electron chi connectivity index (χ0n) is 17.5. The largest absolute Gasteiger partial charge is 0.497 e. The molecule has 0 aliphatic carbocycles. The van der Waals surface area contributed by atoms with E-state index in [1.54, 1.807) is 25.3 Å². The number of nitrogens with zero attached hydrogens (tertiary/aromatic N) is 1. The van der Waals surface area contributed by atoms with E-state index in [1.807, 2.05) is 44.2 Å². The molecule has 0 bridgehead atoms. The number of oxazole rings is 1. The summed E-state index contributed by atoms with van der Waals surface area (Å²) in [4.78, 5) is 28.7. The van der Waals surface area contributed by atoms with E-state index < -0.39 is 6.04 Å². The normalized spacial score (nSPS) is 11.6. The SMILES string of the molecule is COc1ccc(C(CC(=O)Nc2cccc(-c3nc(C)c(C)o3)c2)NC(C)=O)cc1. The van der Waals surface area contributed by atoms with Crippen molar-refractivity contribution in [1.82, 2.24) is 10.3 Å². The number of hydrogen-bond donors (Lipinski definition) is 2. The highest BCUT2D eigenvalue weighted by molar-refractivity contribution is 5.92. The fraction of sp³-hybridized carbons (Fsp3) is 0.261. The third-order valence-corrected chi connectivity index (χ3v) is 4.71. The van der Waals surface area contributed by atoms with Gasteiger partial charge in [0.25, 0.3) is 0 Å². The lowest BCUT2D eigenvalue weighted by Crippen LogP contribution is -2.29. The first-order valence-electron chi connectivity index (χ1n) is 9.61. The van der Waals surface area contributed by atoms with Gasteiger partial charge >= 0.3 is 0 Å². The second-order valence-corrected chi connectivity index (χ2v) is 7.02. The van der Waals surface area contributed by atoms with Crippen LogP contribution in [-0.4, -0.2) is 23.9 Å². The third kappa shape index (κ3) is 5.26. The van der Waals surface area contributed by atoms with Crippen LogP contribution in [0.1, 0.15) is 36.4 Å². The Morgan fingerprint density at radius 2 is 1.87 bits per heavy atom. The van der Waals surface area contributed by atoms with Crippen molar-refractivity contribution < 1.29 is 18.7 Å². The molecule has 1 heterocycles. The van der Waals surface area contributed by atoms with Crippen molar-refractivity contribution in [2.45, 2.75) is 33.2 Å². The molecular formula is C23H25N3O4. The molecule has 1 unspecified atom stereocenters. The van der Waals surface area contributed by atoms with Crippen LogP contribution in [0.5, 0.6) is 5.75 Å². The maximum Gasteiger partial charge on any atom is 0.226 e. The average Bonchev–Trinajstić information content (AvgIpc) is 3.06. The minimum absolute atomic E-state index is 0.0906. The Hall–Kier alpha value is -3.61. The molecule has 7 nitrogen and oxygen atoms in total. The molecule has 156 valence electrons. The van der Waals surface area contributed by atoms with Crippen LogP contribution in [-0.2, 0) is 9.59 Å². The van der Waals surface area contributed by atoms with Crippen LogP contribution in [0.25, 0.3) is 11.5 Å². The average molecular weight is 407 g/mol. The second-order valence-electron chi connectivity index (χ2n) is 7.02. The lowest BCUT2D eigenvalue weighted by molar-refractivity contribution is -0.120. The van der Waals surface area contributed by atoms with Crippen LogP contribution in [0.3, 0.4) is 0 Å². The first kappa shape index (κ1) is 21.1. The summed E-state index contributed by atoms with van der Waals surface area (Å²) in [5.41, 5.74) is 3.05. The zero-order valence-corrected chi connectivity index (χ0v) is 17.5. The maximum atomic E-state index is 12.7. The van der Waals surface area contributed by atoms with Crippen LogP contribution in [0, 0.1) is 13.8 Å². The first-order valence-corrected chi connectivity index (χ1v) is 9.61. The van der Waals surface area contributed by atoms with E-state index >= 15 is 0 Å². The number of anilines is 1. The second kappa shape index (κ2) is 9.26. The number of ether oxygens (including phenoxy) is 1. The molecule has 1 aromatic heterocycles. The number of hydrogen-bond acceptors (Lipinski definition) is 5. The Morgan fingerprint density at radius 3 is 2.47 bits per heavy atom. The van der Waals surface area contributed by atoms with Crippen molar-refractivity contribution in [2.75, 3.05) is 12.4 Å². The summed E-state index contributed by atoms with van der Waals surface area (Å²) in [6, 6.07) is 14.1. The molecule has 2 N–H and O–H groups in total. The Bertz CT molecular complexity index is 1020. The van der Waals surface area contributed by atoms with Crippen molar-refractivity contribution in [2.24, 2.45) is 0 Å². The van der Waals surface area contributed by atoms with Crippen LogP contribution in [0.15, 0.2) is 52.9 Å². The minimum atomic E-state index is -0.450. The molecule has 2 amide bonds. The zero-order chi connectivity index (χ0) is 21.7. The Labute approximate surface area is 175 Å². The first-order chi connectivity index (χ1) is 14.4. The quantitative estimate of drug-likeness (QED) is 0.613. The lowest BCUT2D eigenvalue weighted by Gasteiger charge is -2.18. The van der Waals surface area contributed by atoms with Gasteiger partial charge < -0.3 is 19.8 Å². The van der Waals surface area contributed by atoms with Gasteiger partial charge in [0.2, 0.25) is 17.7 Å². The standard InChI is InChI=1S/C23H25N3O4/c1-14-15(2)30-23(24-14)18-6-5-7-19(12-18)26-22(28)13-21(25-16(3)27)17-8-10-20(29-4)11-9-17/h5-12,21H,13H2,1-4H3,(H,25,27)(H,26,28). The highest BCUT2D eigenvalue weighted by atomic mass is 16.5. The Kier molecular flexibility index (Phi) is 6.51. The molecule has 0 fully saturated rings. The molecule has 0 spiro atoms. The number of amides is 2. The molecule has 30 heavy (non-hydrogen) atoms. The Morgan fingerprint density at radius 1 is 1.13 bits per heavy atom. The highest BCUT2D eigenvalue weighted by Crippen LogP contribution is 2.25. The lowest BCUT2D eigenvalue weighted by atomic mass is 10.0. The van der Waals surface area contributed by atoms with E-state index in [4.69, 9.17) is 9.15 Å². The van der Waals surface area contributed by atoms with Gasteiger partial charge in [-0.05, 0) is 49.7 Å². The number of carbonyl (C=O) groups excluding carboxylic acids is 2. The fourth-order valence-electron chi connectivity index (χ4n) is 3.06. The third-order valence-electron chi connectivity index (χ3n) is 4.71. The number of aryl methyl sites for hydroxylation is 2. The van der Waals surface area contributed by atoms with Gasteiger partial charge in [-0.15, -0.1) is 0 Å². The molecule has 3 aromatic rings. The van der Waals surface area contributed by atoms with Crippen molar-refractivity contribution >= 4 is 17.5 Å². The predicted molar refractivity (Wildman–Crippen MR) is 114 cm³/mol. The number of nitrogens with one attached hydrogen (secondary N) is 2. The summed E-state index contributed by atoms with van der Waals surface area (Å²) in [7, 11) is 1.59. The molecule has 0 saturated heterocycles. The summed E-state index contributed by atoms with van der Waals surface area (Å²) < 4.78 is 10.8. The number of benzene rings is 2. The van der Waals surface area contributed by atoms with Gasteiger partial charge in [-0.1, -0.05) is 18.2 Å². The van der Waals surface area contributed by atoms with Crippen LogP contribution in [0.2, 0.25) is 0 Å². The van der Waals surface area contributed by atoms with Gasteiger partial charge in [0, 0.05) is 18.2 Å². The van der Waals surface area contributed by atoms with E-state index in [1.165, 1.54) is 6.92 Å². The van der Waals surface area contributed by atoms with E-state index in [0.717, 1.165) is 22.6 Å². The van der Waals surface area contributed by atoms with E-state index in [2.05, 4.69) is 15.6 Å². The van der Waals surface area contributed by atoms with Crippen molar-refractivity contribution in [1.29, 1.82) is 0 Å². The topological polar surface area (TPSA) is 93.5 Å². The summed E-state index contributed by atoms with van der Waals surface area (Å²) in [5, 5.41) is 5.72. The van der Waals surface area contributed by atoms with Gasteiger partial charge in [-0.2, -0.15) is 0 Å². The van der Waals surface area contributed by atoms with E-state index in [-0.39, 0.29) is 18.2 Å². The monoisotopic (exact) mass is 407 g/mol. The van der Waals surface area contributed by atoms with Crippen molar-refractivity contribution in [3.8, 4) is 17.2 Å². The maximum absolute atomic E-state index is 12.7. The van der Waals surface area contributed by atoms with Crippen molar-refractivity contribution in [3.05, 3.63) is 65.5 Å². The number of methoxy groups -OCH3 is 1. The highest BCUT2D eigenvalue weighted by Gasteiger charge is 2.18. The van der Waals surface area contributed by atoms with Gasteiger partial charge in [0.05, 0.1) is 25.3 Å². The smallest absolute Gasteiger partial charge is 0.226 e. The fourth-order valence-corrected chi connectivity index (χ4v) is 3.06. The van der Waals surface area contributed by atoms with Crippen LogP contribution >= 0.6 is 0 Å². The molecular weight excluding hydrogens is 382 g/mol. The summed E-state index contributed by atoms with van der Waals surface area (Å²) in [6.45, 7) is 5.17.